The number of hydrogen-bond acceptors (Lipinski definition) is 4. The van der Waals surface area contributed by atoms with Crippen molar-refractivity contribution >= 4 is 33.7 Å². The SMILES string of the molecule is COC(=O)c1cc(C#N)cc(SC(F)(F)F)c1Br. The van der Waals surface area contributed by atoms with E-state index in [0.717, 1.165) is 19.2 Å². The predicted molar refractivity (Wildman–Crippen MR) is 62.1 cm³/mol. The number of methoxy groups -OCH3 is 1. The Kier molecular flexibility index (Phi) is 4.65. The van der Waals surface area contributed by atoms with Gasteiger partial charge in [0.05, 0.1) is 24.3 Å². The number of carbonyl (C=O) groups is 1. The summed E-state index contributed by atoms with van der Waals surface area (Å²) in [5.41, 5.74) is -4.68. The lowest BCUT2D eigenvalue weighted by molar-refractivity contribution is -0.0328. The lowest BCUT2D eigenvalue weighted by Gasteiger charge is -2.10. The average molecular weight is 340 g/mol. The highest BCUT2D eigenvalue weighted by Crippen LogP contribution is 2.42. The van der Waals surface area contributed by atoms with E-state index < -0.39 is 23.2 Å². The van der Waals surface area contributed by atoms with Gasteiger partial charge in [-0.2, -0.15) is 18.4 Å². The fraction of sp³-hybridized carbons (Fsp3) is 0.200. The minimum atomic E-state index is -4.51. The van der Waals surface area contributed by atoms with Gasteiger partial charge >= 0.3 is 11.5 Å². The van der Waals surface area contributed by atoms with Crippen molar-refractivity contribution in [3.8, 4) is 6.07 Å². The molecule has 0 spiro atoms. The Bertz CT molecular complexity index is 525. The lowest BCUT2D eigenvalue weighted by Crippen LogP contribution is -2.06. The van der Waals surface area contributed by atoms with Crippen LogP contribution in [-0.2, 0) is 4.74 Å². The molecule has 0 saturated carbocycles. The smallest absolute Gasteiger partial charge is 0.446 e. The van der Waals surface area contributed by atoms with Crippen LogP contribution in [0.3, 0.4) is 0 Å². The number of alkyl halides is 3. The summed E-state index contributed by atoms with van der Waals surface area (Å²) < 4.78 is 41.3. The summed E-state index contributed by atoms with van der Waals surface area (Å²) in [6, 6.07) is 3.90. The maximum Gasteiger partial charge on any atom is 0.446 e. The number of benzene rings is 1. The molecule has 8 heteroatoms. The van der Waals surface area contributed by atoms with E-state index in [-0.39, 0.29) is 20.5 Å². The van der Waals surface area contributed by atoms with E-state index in [1.165, 1.54) is 0 Å². The Morgan fingerprint density at radius 2 is 2.11 bits per heavy atom. The molecule has 3 nitrogen and oxygen atoms in total. The van der Waals surface area contributed by atoms with Crippen LogP contribution in [0.1, 0.15) is 15.9 Å². The normalized spacial score (nSPS) is 10.9. The fourth-order valence-corrected chi connectivity index (χ4v) is 2.39. The molecule has 1 aromatic carbocycles. The van der Waals surface area contributed by atoms with E-state index in [4.69, 9.17) is 5.26 Å². The van der Waals surface area contributed by atoms with Crippen LogP contribution in [0.25, 0.3) is 0 Å². The number of carbonyl (C=O) groups excluding carboxylic acids is 1. The van der Waals surface area contributed by atoms with Crippen LogP contribution >= 0.6 is 27.7 Å². The molecule has 96 valence electrons. The van der Waals surface area contributed by atoms with Gasteiger partial charge in [-0.05, 0) is 39.8 Å². The van der Waals surface area contributed by atoms with Gasteiger partial charge in [0.1, 0.15) is 0 Å². The van der Waals surface area contributed by atoms with E-state index in [1.807, 2.05) is 0 Å². The molecular formula is C10H5BrF3NO2S. The third-order valence-corrected chi connectivity index (χ3v) is 3.69. The van der Waals surface area contributed by atoms with Crippen molar-refractivity contribution in [1.29, 1.82) is 5.26 Å². The van der Waals surface area contributed by atoms with Crippen LogP contribution in [0.4, 0.5) is 13.2 Å². The second-order valence-corrected chi connectivity index (χ2v) is 4.89. The predicted octanol–water partition coefficient (Wildman–Crippen LogP) is 3.72. The average Bonchev–Trinajstić information content (AvgIpc) is 2.29. The molecular weight excluding hydrogens is 335 g/mol. The van der Waals surface area contributed by atoms with Crippen LogP contribution in [0.5, 0.6) is 0 Å². The van der Waals surface area contributed by atoms with Crippen molar-refractivity contribution in [1.82, 2.24) is 0 Å². The summed E-state index contributed by atoms with van der Waals surface area (Å²) in [6.45, 7) is 0. The summed E-state index contributed by atoms with van der Waals surface area (Å²) in [5, 5.41) is 8.72. The molecule has 0 fully saturated rings. The fourth-order valence-electron chi connectivity index (χ4n) is 1.12. The lowest BCUT2D eigenvalue weighted by atomic mass is 10.1. The Balaban J connectivity index is 3.35. The number of ether oxygens (including phenoxy) is 1. The molecule has 1 aromatic rings. The standard InChI is InChI=1S/C10H5BrF3NO2S/c1-17-9(16)6-2-5(4-15)3-7(8(6)11)18-10(12,13)14/h2-3H,1H3. The van der Waals surface area contributed by atoms with E-state index in [9.17, 15) is 18.0 Å². The molecule has 0 atom stereocenters. The molecule has 0 unspecified atom stereocenters. The van der Waals surface area contributed by atoms with Crippen LogP contribution in [0, 0.1) is 11.3 Å². The van der Waals surface area contributed by atoms with Gasteiger partial charge in [0.25, 0.3) is 0 Å². The van der Waals surface area contributed by atoms with E-state index in [1.54, 1.807) is 6.07 Å². The monoisotopic (exact) mass is 339 g/mol. The van der Waals surface area contributed by atoms with Gasteiger partial charge in [0.2, 0.25) is 0 Å². The first-order valence-electron chi connectivity index (χ1n) is 4.36. The first kappa shape index (κ1) is 14.9. The van der Waals surface area contributed by atoms with Gasteiger partial charge in [-0.1, -0.05) is 0 Å². The van der Waals surface area contributed by atoms with Gasteiger partial charge in [-0.3, -0.25) is 0 Å². The third kappa shape index (κ3) is 3.65. The largest absolute Gasteiger partial charge is 0.465 e. The Morgan fingerprint density at radius 1 is 1.50 bits per heavy atom. The zero-order valence-corrected chi connectivity index (χ0v) is 11.2. The van der Waals surface area contributed by atoms with E-state index >= 15 is 0 Å². The topological polar surface area (TPSA) is 50.1 Å². The summed E-state index contributed by atoms with van der Waals surface area (Å²) >= 11 is 2.50. The number of hydrogen-bond donors (Lipinski definition) is 0. The zero-order chi connectivity index (χ0) is 13.9. The van der Waals surface area contributed by atoms with E-state index in [0.29, 0.717) is 0 Å². The number of rotatable bonds is 2. The molecule has 1 rings (SSSR count). The van der Waals surface area contributed by atoms with Crippen molar-refractivity contribution in [3.63, 3.8) is 0 Å². The van der Waals surface area contributed by atoms with Gasteiger partial charge in [0, 0.05) is 9.37 Å². The molecule has 0 saturated heterocycles. The van der Waals surface area contributed by atoms with Crippen molar-refractivity contribution in [2.24, 2.45) is 0 Å². The van der Waals surface area contributed by atoms with Crippen LogP contribution in [0.2, 0.25) is 0 Å². The van der Waals surface area contributed by atoms with Crippen molar-refractivity contribution in [2.75, 3.05) is 7.11 Å². The molecule has 0 N–H and O–H groups in total. The molecule has 18 heavy (non-hydrogen) atoms. The maximum atomic E-state index is 12.3. The van der Waals surface area contributed by atoms with Gasteiger partial charge in [-0.15, -0.1) is 0 Å². The van der Waals surface area contributed by atoms with Gasteiger partial charge in [0.15, 0.2) is 0 Å². The molecule has 0 bridgehead atoms. The molecule has 0 radical (unpaired) electrons. The van der Waals surface area contributed by atoms with Crippen LogP contribution < -0.4 is 0 Å². The number of nitriles is 1. The molecule has 0 aliphatic carbocycles. The van der Waals surface area contributed by atoms with Gasteiger partial charge < -0.3 is 4.74 Å². The second-order valence-electron chi connectivity index (χ2n) is 2.99. The highest BCUT2D eigenvalue weighted by Gasteiger charge is 2.31. The molecule has 0 aliphatic rings. The number of thioether (sulfide) groups is 1. The first-order chi connectivity index (χ1) is 8.28. The quantitative estimate of drug-likeness (QED) is 0.608. The maximum absolute atomic E-state index is 12.3. The Morgan fingerprint density at radius 3 is 2.56 bits per heavy atom. The number of nitrogens with zero attached hydrogens (tertiary/aromatic N) is 1. The Hall–Kier alpha value is -1.20. The summed E-state index contributed by atoms with van der Waals surface area (Å²) in [6.07, 6.45) is 0. The van der Waals surface area contributed by atoms with Crippen molar-refractivity contribution in [2.45, 2.75) is 10.4 Å². The summed E-state index contributed by atoms with van der Waals surface area (Å²) in [4.78, 5) is 11.1. The highest BCUT2D eigenvalue weighted by molar-refractivity contribution is 9.10. The third-order valence-electron chi connectivity index (χ3n) is 1.80. The van der Waals surface area contributed by atoms with Crippen molar-refractivity contribution < 1.29 is 22.7 Å². The zero-order valence-electron chi connectivity index (χ0n) is 8.84. The minimum Gasteiger partial charge on any atom is -0.465 e. The number of esters is 1. The minimum absolute atomic E-state index is 0.0457. The Labute approximate surface area is 113 Å². The highest BCUT2D eigenvalue weighted by atomic mass is 79.9. The molecule has 0 heterocycles. The van der Waals surface area contributed by atoms with Crippen molar-refractivity contribution in [3.05, 3.63) is 27.7 Å². The summed E-state index contributed by atoms with van der Waals surface area (Å²) in [5.74, 6) is -0.817. The van der Waals surface area contributed by atoms with Crippen LogP contribution in [-0.4, -0.2) is 18.6 Å². The van der Waals surface area contributed by atoms with E-state index in [2.05, 4.69) is 20.7 Å². The summed E-state index contributed by atoms with van der Waals surface area (Å²) in [7, 11) is 1.10. The number of halogens is 4. The first-order valence-corrected chi connectivity index (χ1v) is 5.97. The molecule has 0 aliphatic heterocycles. The van der Waals surface area contributed by atoms with Crippen LogP contribution in [0.15, 0.2) is 21.5 Å². The van der Waals surface area contributed by atoms with Gasteiger partial charge in [-0.25, -0.2) is 4.79 Å². The molecule has 0 aromatic heterocycles. The second kappa shape index (κ2) is 5.63. The molecule has 0 amide bonds.